The number of nitrogens with zero attached hydrogens (tertiary/aromatic N) is 2. The van der Waals surface area contributed by atoms with Crippen LogP contribution in [0.4, 0.5) is 10.1 Å². The fourth-order valence-electron chi connectivity index (χ4n) is 4.04. The van der Waals surface area contributed by atoms with Crippen LogP contribution in [0.1, 0.15) is 38.3 Å². The van der Waals surface area contributed by atoms with Crippen molar-refractivity contribution < 1.29 is 27.1 Å². The molecule has 0 spiro atoms. The fourth-order valence-corrected chi connectivity index (χ4v) is 5.47. The summed E-state index contributed by atoms with van der Waals surface area (Å²) in [4.78, 5) is 28.2. The first-order chi connectivity index (χ1) is 19.0. The maximum absolute atomic E-state index is 14.7. The van der Waals surface area contributed by atoms with Crippen LogP contribution in [0.3, 0.4) is 0 Å². The smallest absolute Gasteiger partial charge is 0.264 e. The van der Waals surface area contributed by atoms with Crippen molar-refractivity contribution in [1.82, 2.24) is 10.2 Å². The Kier molecular flexibility index (Phi) is 10.3. The largest absolute Gasteiger partial charge is 0.495 e. The molecule has 0 aliphatic heterocycles. The van der Waals surface area contributed by atoms with Crippen molar-refractivity contribution in [3.05, 3.63) is 89.7 Å². The molecule has 0 aromatic heterocycles. The molecule has 0 saturated heterocycles. The number of methoxy groups -OCH3 is 1. The van der Waals surface area contributed by atoms with E-state index in [4.69, 9.17) is 4.74 Å². The number of aryl methyl sites for hydroxylation is 1. The molecule has 2 atom stereocenters. The molecule has 0 unspecified atom stereocenters. The lowest BCUT2D eigenvalue weighted by atomic mass is 10.1. The van der Waals surface area contributed by atoms with E-state index in [1.807, 2.05) is 20.8 Å². The number of sulfonamides is 1. The third-order valence-corrected chi connectivity index (χ3v) is 8.48. The Morgan fingerprint density at radius 3 is 2.23 bits per heavy atom. The molecule has 0 radical (unpaired) electrons. The number of ether oxygens (including phenoxy) is 1. The lowest BCUT2D eigenvalue weighted by Crippen LogP contribution is -2.52. The molecule has 1 N–H and O–H groups in total. The molecule has 0 aliphatic carbocycles. The molecule has 0 saturated carbocycles. The van der Waals surface area contributed by atoms with Crippen LogP contribution >= 0.6 is 0 Å². The summed E-state index contributed by atoms with van der Waals surface area (Å²) >= 11 is 0. The second kappa shape index (κ2) is 13.4. The molecule has 3 rings (SSSR count). The van der Waals surface area contributed by atoms with Gasteiger partial charge in [0.1, 0.15) is 24.2 Å². The van der Waals surface area contributed by atoms with E-state index in [0.717, 1.165) is 9.87 Å². The van der Waals surface area contributed by atoms with Gasteiger partial charge in [-0.2, -0.15) is 0 Å². The summed E-state index contributed by atoms with van der Waals surface area (Å²) in [7, 11) is -2.84. The molecule has 3 aromatic carbocycles. The molecular weight excluding hydrogens is 533 g/mol. The fraction of sp³-hybridized carbons (Fsp3) is 0.333. The van der Waals surface area contributed by atoms with Gasteiger partial charge in [-0.15, -0.1) is 0 Å². The summed E-state index contributed by atoms with van der Waals surface area (Å²) in [5.41, 5.74) is 1.22. The average molecular weight is 570 g/mol. The molecule has 0 aliphatic rings. The summed E-state index contributed by atoms with van der Waals surface area (Å²) in [6.45, 7) is 6.25. The number of para-hydroxylation sites is 2. The molecule has 0 heterocycles. The minimum absolute atomic E-state index is 0.0139. The summed E-state index contributed by atoms with van der Waals surface area (Å²) in [5.74, 6) is -1.40. The summed E-state index contributed by atoms with van der Waals surface area (Å²) in [6, 6.07) is 17.5. The number of hydrogen-bond acceptors (Lipinski definition) is 5. The van der Waals surface area contributed by atoms with Crippen LogP contribution in [0, 0.1) is 12.7 Å². The van der Waals surface area contributed by atoms with Gasteiger partial charge in [-0.25, -0.2) is 12.8 Å². The summed E-state index contributed by atoms with van der Waals surface area (Å²) < 4.78 is 48.9. The topological polar surface area (TPSA) is 96.0 Å². The van der Waals surface area contributed by atoms with Crippen LogP contribution < -0.4 is 14.4 Å². The number of halogens is 1. The van der Waals surface area contributed by atoms with Gasteiger partial charge in [-0.05, 0) is 57.5 Å². The predicted octanol–water partition coefficient (Wildman–Crippen LogP) is 4.67. The van der Waals surface area contributed by atoms with Crippen LogP contribution in [0.2, 0.25) is 0 Å². The van der Waals surface area contributed by atoms with Crippen molar-refractivity contribution >= 4 is 27.5 Å². The van der Waals surface area contributed by atoms with E-state index >= 15 is 0 Å². The highest BCUT2D eigenvalue weighted by atomic mass is 32.2. The van der Waals surface area contributed by atoms with Gasteiger partial charge < -0.3 is 15.0 Å². The number of anilines is 1. The molecular formula is C30H36FN3O5S. The van der Waals surface area contributed by atoms with Gasteiger partial charge in [0.15, 0.2) is 0 Å². The SMILES string of the molecule is CC[C@H](C)NC(=O)[C@@H](C)N(Cc1ccccc1F)C(=O)CN(c1ccccc1OC)S(=O)(=O)c1ccc(C)cc1. The van der Waals surface area contributed by atoms with Gasteiger partial charge in [-0.1, -0.05) is 55.0 Å². The van der Waals surface area contributed by atoms with E-state index in [-0.39, 0.29) is 34.5 Å². The molecule has 0 bridgehead atoms. The van der Waals surface area contributed by atoms with E-state index in [0.29, 0.717) is 6.42 Å². The number of nitrogens with one attached hydrogen (secondary N) is 1. The third-order valence-electron chi connectivity index (χ3n) is 6.71. The lowest BCUT2D eigenvalue weighted by Gasteiger charge is -2.32. The Morgan fingerprint density at radius 1 is 0.975 bits per heavy atom. The highest BCUT2D eigenvalue weighted by Gasteiger charge is 2.34. The van der Waals surface area contributed by atoms with Gasteiger partial charge in [-0.3, -0.25) is 13.9 Å². The third kappa shape index (κ3) is 7.18. The van der Waals surface area contributed by atoms with Crippen molar-refractivity contribution in [2.45, 2.75) is 57.6 Å². The van der Waals surface area contributed by atoms with Crippen LogP contribution in [0.25, 0.3) is 0 Å². The van der Waals surface area contributed by atoms with Crippen LogP contribution in [0.15, 0.2) is 77.7 Å². The Hall–Kier alpha value is -3.92. The summed E-state index contributed by atoms with van der Waals surface area (Å²) in [5, 5.41) is 2.85. The first-order valence-electron chi connectivity index (χ1n) is 13.0. The summed E-state index contributed by atoms with van der Waals surface area (Å²) in [6.07, 6.45) is 0.677. The Labute approximate surface area is 235 Å². The van der Waals surface area contributed by atoms with Crippen molar-refractivity contribution in [2.24, 2.45) is 0 Å². The Morgan fingerprint density at radius 2 is 1.60 bits per heavy atom. The number of carbonyl (C=O) groups excluding carboxylic acids is 2. The normalized spacial score (nSPS) is 12.8. The molecule has 214 valence electrons. The van der Waals surface area contributed by atoms with Crippen LogP contribution in [-0.2, 0) is 26.2 Å². The van der Waals surface area contributed by atoms with Crippen LogP contribution in [0.5, 0.6) is 5.75 Å². The van der Waals surface area contributed by atoms with E-state index in [9.17, 15) is 22.4 Å². The Balaban J connectivity index is 2.07. The van der Waals surface area contributed by atoms with E-state index < -0.39 is 40.2 Å². The maximum Gasteiger partial charge on any atom is 0.264 e. The highest BCUT2D eigenvalue weighted by Crippen LogP contribution is 2.32. The Bertz CT molecular complexity index is 1430. The molecule has 40 heavy (non-hydrogen) atoms. The zero-order valence-corrected chi connectivity index (χ0v) is 24.2. The van der Waals surface area contributed by atoms with Crippen molar-refractivity contribution in [3.8, 4) is 5.75 Å². The van der Waals surface area contributed by atoms with E-state index in [1.54, 1.807) is 43.3 Å². The van der Waals surface area contributed by atoms with Crippen molar-refractivity contribution in [2.75, 3.05) is 18.0 Å². The zero-order valence-electron chi connectivity index (χ0n) is 23.4. The van der Waals surface area contributed by atoms with Gasteiger partial charge in [0.05, 0.1) is 17.7 Å². The van der Waals surface area contributed by atoms with Gasteiger partial charge in [0.2, 0.25) is 11.8 Å². The lowest BCUT2D eigenvalue weighted by molar-refractivity contribution is -0.139. The monoisotopic (exact) mass is 569 g/mol. The number of rotatable bonds is 12. The van der Waals surface area contributed by atoms with Crippen LogP contribution in [-0.4, -0.2) is 50.9 Å². The predicted molar refractivity (Wildman–Crippen MR) is 153 cm³/mol. The highest BCUT2D eigenvalue weighted by molar-refractivity contribution is 7.92. The number of carbonyl (C=O) groups is 2. The van der Waals surface area contributed by atoms with Gasteiger partial charge in [0.25, 0.3) is 10.0 Å². The maximum atomic E-state index is 14.7. The number of hydrogen-bond donors (Lipinski definition) is 1. The van der Waals surface area contributed by atoms with Crippen molar-refractivity contribution in [1.29, 1.82) is 0 Å². The molecule has 8 nitrogen and oxygen atoms in total. The van der Waals surface area contributed by atoms with E-state index in [1.165, 1.54) is 48.4 Å². The molecule has 10 heteroatoms. The van der Waals surface area contributed by atoms with Gasteiger partial charge in [0, 0.05) is 18.2 Å². The minimum atomic E-state index is -4.25. The molecule has 0 fully saturated rings. The van der Waals surface area contributed by atoms with Gasteiger partial charge >= 0.3 is 0 Å². The zero-order chi connectivity index (χ0) is 29.4. The number of benzene rings is 3. The quantitative estimate of drug-likeness (QED) is 0.342. The molecule has 2 amide bonds. The second-order valence-corrected chi connectivity index (χ2v) is 11.5. The number of amides is 2. The average Bonchev–Trinajstić information content (AvgIpc) is 2.95. The first kappa shape index (κ1) is 30.6. The standard InChI is InChI=1S/C30H36FN3O5S/c1-6-22(3)32-30(36)23(4)33(19-24-11-7-8-12-26(24)31)29(35)20-34(27-13-9-10-14-28(27)39-5)40(37,38)25-17-15-21(2)16-18-25/h7-18,22-23H,6,19-20H2,1-5H3,(H,32,36)/t22-,23+/m0/s1. The van der Waals surface area contributed by atoms with E-state index in [2.05, 4.69) is 5.32 Å². The second-order valence-electron chi connectivity index (χ2n) is 9.60. The van der Waals surface area contributed by atoms with Crippen molar-refractivity contribution in [3.63, 3.8) is 0 Å². The first-order valence-corrected chi connectivity index (χ1v) is 14.5. The molecule has 3 aromatic rings. The minimum Gasteiger partial charge on any atom is -0.495 e.